The largest absolute Gasteiger partial charge is 0.496 e. The summed E-state index contributed by atoms with van der Waals surface area (Å²) < 4.78 is 10.6. The van der Waals surface area contributed by atoms with Crippen molar-refractivity contribution >= 4 is 17.5 Å². The Hall–Kier alpha value is -3.35. The van der Waals surface area contributed by atoms with Crippen molar-refractivity contribution in [2.45, 2.75) is 26.8 Å². The number of hydrazone groups is 1. The first-order valence-electron chi connectivity index (χ1n) is 8.88. The molecule has 7 nitrogen and oxygen atoms in total. The molecule has 0 heterocycles. The molecule has 2 rings (SSSR count). The molecule has 2 N–H and O–H groups in total. The Morgan fingerprint density at radius 1 is 1.07 bits per heavy atom. The Labute approximate surface area is 164 Å². The van der Waals surface area contributed by atoms with Gasteiger partial charge >= 0.3 is 0 Å². The van der Waals surface area contributed by atoms with Gasteiger partial charge < -0.3 is 14.8 Å². The van der Waals surface area contributed by atoms with E-state index in [1.165, 1.54) is 0 Å². The third-order valence-electron chi connectivity index (χ3n) is 3.82. The SMILES string of the molecule is COc1ccccc1CNC(=O)C/C(C)=N/NC(=O)COc1cccc(C)c1. The van der Waals surface area contributed by atoms with Gasteiger partial charge in [-0.15, -0.1) is 0 Å². The van der Waals surface area contributed by atoms with Crippen molar-refractivity contribution in [3.05, 3.63) is 59.7 Å². The van der Waals surface area contributed by atoms with Crippen LogP contribution in [0.5, 0.6) is 11.5 Å². The zero-order valence-corrected chi connectivity index (χ0v) is 16.3. The minimum Gasteiger partial charge on any atom is -0.496 e. The van der Waals surface area contributed by atoms with E-state index in [2.05, 4.69) is 15.8 Å². The van der Waals surface area contributed by atoms with E-state index < -0.39 is 5.91 Å². The Kier molecular flexibility index (Phi) is 8.02. The fraction of sp³-hybridized carbons (Fsp3) is 0.286. The van der Waals surface area contributed by atoms with E-state index in [4.69, 9.17) is 9.47 Å². The molecule has 28 heavy (non-hydrogen) atoms. The van der Waals surface area contributed by atoms with Gasteiger partial charge in [0.25, 0.3) is 5.91 Å². The van der Waals surface area contributed by atoms with Gasteiger partial charge in [0.1, 0.15) is 11.5 Å². The van der Waals surface area contributed by atoms with E-state index in [0.717, 1.165) is 11.1 Å². The van der Waals surface area contributed by atoms with E-state index in [1.807, 2.05) is 49.4 Å². The van der Waals surface area contributed by atoms with Crippen molar-refractivity contribution in [3.63, 3.8) is 0 Å². The van der Waals surface area contributed by atoms with Crippen LogP contribution in [-0.4, -0.2) is 31.2 Å². The molecule has 2 aromatic rings. The highest BCUT2D eigenvalue weighted by Crippen LogP contribution is 2.16. The third-order valence-corrected chi connectivity index (χ3v) is 3.82. The summed E-state index contributed by atoms with van der Waals surface area (Å²) in [5.41, 5.74) is 4.81. The van der Waals surface area contributed by atoms with Crippen molar-refractivity contribution in [1.29, 1.82) is 0 Å². The highest BCUT2D eigenvalue weighted by Gasteiger charge is 2.07. The van der Waals surface area contributed by atoms with Crippen molar-refractivity contribution in [3.8, 4) is 11.5 Å². The molecular weight excluding hydrogens is 358 g/mol. The lowest BCUT2D eigenvalue weighted by Gasteiger charge is -2.09. The number of rotatable bonds is 9. The topological polar surface area (TPSA) is 89.0 Å². The van der Waals surface area contributed by atoms with E-state index >= 15 is 0 Å². The first kappa shape index (κ1) is 21.0. The standard InChI is InChI=1S/C21H25N3O4/c1-15-7-6-9-18(11-15)28-14-21(26)24-23-16(2)12-20(25)22-13-17-8-4-5-10-19(17)27-3/h4-11H,12-14H2,1-3H3,(H,22,25)(H,24,26)/b23-16+. The van der Waals surface area contributed by atoms with Crippen LogP contribution in [0.25, 0.3) is 0 Å². The molecule has 0 radical (unpaired) electrons. The van der Waals surface area contributed by atoms with Crippen LogP contribution in [0, 0.1) is 6.92 Å². The predicted molar refractivity (Wildman–Crippen MR) is 107 cm³/mol. The molecule has 0 aromatic heterocycles. The Bertz CT molecular complexity index is 849. The summed E-state index contributed by atoms with van der Waals surface area (Å²) in [6.45, 7) is 3.82. The summed E-state index contributed by atoms with van der Waals surface area (Å²) in [7, 11) is 1.59. The minimum atomic E-state index is -0.393. The number of carbonyl (C=O) groups excluding carboxylic acids is 2. The molecule has 2 amide bonds. The van der Waals surface area contributed by atoms with Gasteiger partial charge in [-0.05, 0) is 37.6 Å². The monoisotopic (exact) mass is 383 g/mol. The van der Waals surface area contributed by atoms with Gasteiger partial charge in [0.05, 0.1) is 13.5 Å². The quantitative estimate of drug-likeness (QED) is 0.515. The lowest BCUT2D eigenvalue weighted by molar-refractivity contribution is -0.123. The van der Waals surface area contributed by atoms with Crippen LogP contribution in [0.2, 0.25) is 0 Å². The molecule has 0 saturated carbocycles. The van der Waals surface area contributed by atoms with Gasteiger partial charge in [0.2, 0.25) is 5.91 Å². The fourth-order valence-corrected chi connectivity index (χ4v) is 2.42. The summed E-state index contributed by atoms with van der Waals surface area (Å²) in [6.07, 6.45) is 0.0775. The second-order valence-electron chi connectivity index (χ2n) is 6.25. The van der Waals surface area contributed by atoms with Gasteiger partial charge in [0.15, 0.2) is 6.61 Å². The van der Waals surface area contributed by atoms with E-state index in [-0.39, 0.29) is 18.9 Å². The van der Waals surface area contributed by atoms with Crippen molar-refractivity contribution in [2.24, 2.45) is 5.10 Å². The lowest BCUT2D eigenvalue weighted by Crippen LogP contribution is -2.28. The zero-order chi connectivity index (χ0) is 20.4. The Morgan fingerprint density at radius 2 is 1.86 bits per heavy atom. The van der Waals surface area contributed by atoms with Crippen molar-refractivity contribution < 1.29 is 19.1 Å². The van der Waals surface area contributed by atoms with Crippen molar-refractivity contribution in [1.82, 2.24) is 10.7 Å². The predicted octanol–water partition coefficient (Wildman–Crippen LogP) is 2.58. The third kappa shape index (κ3) is 7.11. The maximum Gasteiger partial charge on any atom is 0.277 e. The number of benzene rings is 2. The molecular formula is C21H25N3O4. The molecule has 0 bridgehead atoms. The summed E-state index contributed by atoms with van der Waals surface area (Å²) >= 11 is 0. The molecule has 0 aliphatic rings. The second-order valence-corrected chi connectivity index (χ2v) is 6.25. The summed E-state index contributed by atoms with van der Waals surface area (Å²) in [6, 6.07) is 14.9. The molecule has 0 fully saturated rings. The smallest absolute Gasteiger partial charge is 0.277 e. The minimum absolute atomic E-state index is 0.0775. The number of hydrogen-bond donors (Lipinski definition) is 2. The number of aryl methyl sites for hydroxylation is 1. The maximum atomic E-state index is 12.0. The van der Waals surface area contributed by atoms with Crippen LogP contribution in [0.4, 0.5) is 0 Å². The highest BCUT2D eigenvalue weighted by molar-refractivity contribution is 6.00. The molecule has 0 aliphatic heterocycles. The number of ether oxygens (including phenoxy) is 2. The van der Waals surface area contributed by atoms with Crippen LogP contribution in [-0.2, 0) is 16.1 Å². The highest BCUT2D eigenvalue weighted by atomic mass is 16.5. The average molecular weight is 383 g/mol. The number of nitrogens with zero attached hydrogens (tertiary/aromatic N) is 1. The number of methoxy groups -OCH3 is 1. The summed E-state index contributed by atoms with van der Waals surface area (Å²) in [4.78, 5) is 23.9. The van der Waals surface area contributed by atoms with E-state index in [0.29, 0.717) is 23.8 Å². The zero-order valence-electron chi connectivity index (χ0n) is 16.3. The molecule has 2 aromatic carbocycles. The van der Waals surface area contributed by atoms with Gasteiger partial charge in [-0.2, -0.15) is 5.10 Å². The molecule has 0 aliphatic carbocycles. The molecule has 0 unspecified atom stereocenters. The number of hydrogen-bond acceptors (Lipinski definition) is 5. The molecule has 0 atom stereocenters. The molecule has 0 saturated heterocycles. The van der Waals surface area contributed by atoms with Crippen LogP contribution in [0.15, 0.2) is 53.6 Å². The maximum absolute atomic E-state index is 12.0. The second kappa shape index (κ2) is 10.7. The Morgan fingerprint density at radius 3 is 2.61 bits per heavy atom. The molecule has 7 heteroatoms. The number of para-hydroxylation sites is 1. The molecule has 0 spiro atoms. The van der Waals surface area contributed by atoms with E-state index in [1.54, 1.807) is 20.1 Å². The normalized spacial score (nSPS) is 10.9. The van der Waals surface area contributed by atoms with Gasteiger partial charge in [-0.25, -0.2) is 5.43 Å². The van der Waals surface area contributed by atoms with E-state index in [9.17, 15) is 9.59 Å². The first-order chi connectivity index (χ1) is 13.5. The number of amides is 2. The van der Waals surface area contributed by atoms with Crippen molar-refractivity contribution in [2.75, 3.05) is 13.7 Å². The molecule has 148 valence electrons. The van der Waals surface area contributed by atoms with Gasteiger partial charge in [-0.3, -0.25) is 9.59 Å². The van der Waals surface area contributed by atoms with Gasteiger partial charge in [-0.1, -0.05) is 30.3 Å². The lowest BCUT2D eigenvalue weighted by atomic mass is 10.2. The van der Waals surface area contributed by atoms with Crippen LogP contribution >= 0.6 is 0 Å². The fourth-order valence-electron chi connectivity index (χ4n) is 2.42. The number of carbonyl (C=O) groups is 2. The van der Waals surface area contributed by atoms with Crippen LogP contribution in [0.1, 0.15) is 24.5 Å². The summed E-state index contributed by atoms with van der Waals surface area (Å²) in [5, 5.41) is 6.74. The number of nitrogens with one attached hydrogen (secondary N) is 2. The van der Waals surface area contributed by atoms with Crippen LogP contribution in [0.3, 0.4) is 0 Å². The van der Waals surface area contributed by atoms with Gasteiger partial charge in [0, 0.05) is 17.8 Å². The first-order valence-corrected chi connectivity index (χ1v) is 8.88. The van der Waals surface area contributed by atoms with Crippen LogP contribution < -0.4 is 20.2 Å². The average Bonchev–Trinajstić information content (AvgIpc) is 2.69. The Balaban J connectivity index is 1.73. The summed E-state index contributed by atoms with van der Waals surface area (Å²) in [5.74, 6) is 0.744.